The first kappa shape index (κ1) is 8.70. The minimum Gasteiger partial charge on any atom is -0.257 e. The van der Waals surface area contributed by atoms with Gasteiger partial charge in [0.2, 0.25) is 0 Å². The molecular weight excluding hydrogens is 170 g/mol. The zero-order chi connectivity index (χ0) is 9.64. The predicted molar refractivity (Wildman–Crippen MR) is 59.6 cm³/mol. The summed E-state index contributed by atoms with van der Waals surface area (Å²) < 4.78 is 0. The highest BCUT2D eigenvalue weighted by Gasteiger charge is 1.85. The first-order valence-electron chi connectivity index (χ1n) is 4.59. The average molecular weight is 181 g/mol. The Hall–Kier alpha value is -1.89. The Morgan fingerprint density at radius 1 is 0.786 bits per heavy atom. The maximum atomic E-state index is 4.21. The lowest BCUT2D eigenvalue weighted by atomic mass is 10.2. The van der Waals surface area contributed by atoms with Crippen LogP contribution < -0.4 is 0 Å². The summed E-state index contributed by atoms with van der Waals surface area (Å²) in [6.07, 6.45) is 5.86. The first-order chi connectivity index (χ1) is 6.95. The van der Waals surface area contributed by atoms with Crippen molar-refractivity contribution in [2.75, 3.05) is 0 Å². The molecule has 1 nitrogen and oxygen atoms in total. The fourth-order valence-electron chi connectivity index (χ4n) is 1.22. The summed E-state index contributed by atoms with van der Waals surface area (Å²) >= 11 is 0. The molecule has 0 aliphatic rings. The monoisotopic (exact) mass is 181 g/mol. The van der Waals surface area contributed by atoms with Crippen LogP contribution in [0.4, 0.5) is 0 Å². The van der Waals surface area contributed by atoms with Crippen LogP contribution in [0.5, 0.6) is 0 Å². The van der Waals surface area contributed by atoms with Gasteiger partial charge in [0.1, 0.15) is 0 Å². The zero-order valence-corrected chi connectivity index (χ0v) is 7.80. The molecule has 0 bridgehead atoms. The van der Waals surface area contributed by atoms with Crippen molar-refractivity contribution in [2.24, 2.45) is 0 Å². The summed E-state index contributed by atoms with van der Waals surface area (Å²) in [5, 5.41) is 0. The Morgan fingerprint density at radius 3 is 2.29 bits per heavy atom. The molecule has 1 heteroatoms. The van der Waals surface area contributed by atoms with E-state index in [2.05, 4.69) is 23.2 Å². The predicted octanol–water partition coefficient (Wildman–Crippen LogP) is 3.25. The summed E-state index contributed by atoms with van der Waals surface area (Å²) in [6.45, 7) is 0. The van der Waals surface area contributed by atoms with Gasteiger partial charge in [-0.3, -0.25) is 4.98 Å². The van der Waals surface area contributed by atoms with Crippen LogP contribution in [0.2, 0.25) is 0 Å². The third-order valence-corrected chi connectivity index (χ3v) is 1.93. The smallest absolute Gasteiger partial charge is 0.0629 e. The van der Waals surface area contributed by atoms with Crippen molar-refractivity contribution in [1.82, 2.24) is 4.98 Å². The van der Waals surface area contributed by atoms with E-state index in [1.165, 1.54) is 5.56 Å². The Labute approximate surface area is 83.7 Å². The van der Waals surface area contributed by atoms with Crippen molar-refractivity contribution in [3.8, 4) is 0 Å². The molecule has 1 heterocycles. The molecule has 68 valence electrons. The van der Waals surface area contributed by atoms with E-state index in [4.69, 9.17) is 0 Å². The highest BCUT2D eigenvalue weighted by molar-refractivity contribution is 5.67. The second-order valence-electron chi connectivity index (χ2n) is 3.00. The summed E-state index contributed by atoms with van der Waals surface area (Å²) in [4.78, 5) is 4.21. The number of benzene rings is 1. The lowest BCUT2D eigenvalue weighted by Gasteiger charge is -1.92. The average Bonchev–Trinajstić information content (AvgIpc) is 2.29. The van der Waals surface area contributed by atoms with Crippen molar-refractivity contribution in [3.63, 3.8) is 0 Å². The summed E-state index contributed by atoms with van der Waals surface area (Å²) in [6, 6.07) is 16.1. The van der Waals surface area contributed by atoms with Crippen LogP contribution in [0.1, 0.15) is 11.3 Å². The molecule has 0 saturated heterocycles. The van der Waals surface area contributed by atoms with E-state index >= 15 is 0 Å². The largest absolute Gasteiger partial charge is 0.257 e. The molecule has 0 atom stereocenters. The van der Waals surface area contributed by atoms with E-state index in [0.29, 0.717) is 0 Å². The first-order valence-corrected chi connectivity index (χ1v) is 4.59. The minimum atomic E-state index is 0.983. The van der Waals surface area contributed by atoms with Crippen LogP contribution in [0.25, 0.3) is 12.2 Å². The maximum absolute atomic E-state index is 4.21. The topological polar surface area (TPSA) is 12.9 Å². The van der Waals surface area contributed by atoms with E-state index in [0.717, 1.165) is 5.69 Å². The van der Waals surface area contributed by atoms with Crippen molar-refractivity contribution in [1.29, 1.82) is 0 Å². The van der Waals surface area contributed by atoms with Gasteiger partial charge >= 0.3 is 0 Å². The van der Waals surface area contributed by atoms with Gasteiger partial charge in [0.25, 0.3) is 0 Å². The second kappa shape index (κ2) is 4.38. The van der Waals surface area contributed by atoms with Crippen molar-refractivity contribution < 1.29 is 0 Å². The number of nitrogens with zero attached hydrogens (tertiary/aromatic N) is 1. The standard InChI is InChI=1S/C13H11N/c1-2-6-12(7-3-1)9-10-13-8-4-5-11-14-13/h1-11H/b10-9-. The highest BCUT2D eigenvalue weighted by Crippen LogP contribution is 2.04. The van der Waals surface area contributed by atoms with Crippen molar-refractivity contribution in [2.45, 2.75) is 0 Å². The summed E-state index contributed by atoms with van der Waals surface area (Å²) in [7, 11) is 0. The molecule has 1 aromatic carbocycles. The van der Waals surface area contributed by atoms with Crippen LogP contribution in [-0.2, 0) is 0 Å². The van der Waals surface area contributed by atoms with Crippen LogP contribution >= 0.6 is 0 Å². The molecule has 1 aromatic heterocycles. The van der Waals surface area contributed by atoms with Gasteiger partial charge in [-0.05, 0) is 23.8 Å². The van der Waals surface area contributed by atoms with Gasteiger partial charge in [-0.25, -0.2) is 0 Å². The third-order valence-electron chi connectivity index (χ3n) is 1.93. The molecule has 0 unspecified atom stereocenters. The van der Waals surface area contributed by atoms with Gasteiger partial charge in [0.05, 0.1) is 5.69 Å². The van der Waals surface area contributed by atoms with Gasteiger partial charge in [-0.1, -0.05) is 42.5 Å². The molecule has 0 fully saturated rings. The van der Waals surface area contributed by atoms with Crippen LogP contribution in [0, 0.1) is 0 Å². The lowest BCUT2D eigenvalue weighted by molar-refractivity contribution is 1.30. The number of hydrogen-bond donors (Lipinski definition) is 0. The SMILES string of the molecule is C(=C/c1ccccn1)/c1ccccc1. The number of aromatic nitrogens is 1. The van der Waals surface area contributed by atoms with Crippen molar-refractivity contribution in [3.05, 3.63) is 66.0 Å². The van der Waals surface area contributed by atoms with Gasteiger partial charge in [-0.2, -0.15) is 0 Å². The number of pyridine rings is 1. The summed E-state index contributed by atoms with van der Waals surface area (Å²) in [5.74, 6) is 0. The van der Waals surface area contributed by atoms with Gasteiger partial charge < -0.3 is 0 Å². The van der Waals surface area contributed by atoms with Gasteiger partial charge in [0, 0.05) is 6.20 Å². The molecule has 0 aliphatic heterocycles. The zero-order valence-electron chi connectivity index (χ0n) is 7.80. The van der Waals surface area contributed by atoms with Gasteiger partial charge in [-0.15, -0.1) is 0 Å². The minimum absolute atomic E-state index is 0.983. The van der Waals surface area contributed by atoms with Crippen LogP contribution in [0.3, 0.4) is 0 Å². The number of hydrogen-bond acceptors (Lipinski definition) is 1. The lowest BCUT2D eigenvalue weighted by Crippen LogP contribution is -1.76. The normalized spacial score (nSPS) is 10.6. The van der Waals surface area contributed by atoms with Gasteiger partial charge in [0.15, 0.2) is 0 Å². The molecule has 2 aromatic rings. The fraction of sp³-hybridized carbons (Fsp3) is 0. The highest BCUT2D eigenvalue weighted by atomic mass is 14.6. The molecule has 0 spiro atoms. The Morgan fingerprint density at radius 2 is 1.57 bits per heavy atom. The molecule has 0 aliphatic carbocycles. The molecule has 0 radical (unpaired) electrons. The van der Waals surface area contributed by atoms with E-state index in [9.17, 15) is 0 Å². The Balaban J connectivity index is 2.16. The van der Waals surface area contributed by atoms with E-state index in [-0.39, 0.29) is 0 Å². The quantitative estimate of drug-likeness (QED) is 0.693. The second-order valence-corrected chi connectivity index (χ2v) is 3.00. The maximum Gasteiger partial charge on any atom is 0.0629 e. The molecule has 2 rings (SSSR count). The molecular formula is C13H11N. The Kier molecular flexibility index (Phi) is 2.72. The van der Waals surface area contributed by atoms with Crippen molar-refractivity contribution >= 4 is 12.2 Å². The number of rotatable bonds is 2. The van der Waals surface area contributed by atoms with Crippen LogP contribution in [-0.4, -0.2) is 4.98 Å². The van der Waals surface area contributed by atoms with E-state index < -0.39 is 0 Å². The van der Waals surface area contributed by atoms with Crippen LogP contribution in [0.15, 0.2) is 54.7 Å². The third kappa shape index (κ3) is 2.30. The molecule has 0 N–H and O–H groups in total. The van der Waals surface area contributed by atoms with E-state index in [1.54, 1.807) is 6.20 Å². The van der Waals surface area contributed by atoms with E-state index in [1.807, 2.05) is 42.5 Å². The molecule has 14 heavy (non-hydrogen) atoms. The summed E-state index contributed by atoms with van der Waals surface area (Å²) in [5.41, 5.74) is 2.18. The fourth-order valence-corrected chi connectivity index (χ4v) is 1.22. The molecule has 0 amide bonds. The Bertz CT molecular complexity index is 362. The molecule has 0 saturated carbocycles.